The lowest BCUT2D eigenvalue weighted by Crippen LogP contribution is -2.04. The molecule has 0 saturated heterocycles. The third kappa shape index (κ3) is 4.15. The molecule has 4 aromatic rings. The van der Waals surface area contributed by atoms with Crippen molar-refractivity contribution >= 4 is 0 Å². The lowest BCUT2D eigenvalue weighted by Gasteiger charge is -2.20. The third-order valence-electron chi connectivity index (χ3n) is 5.62. The summed E-state index contributed by atoms with van der Waals surface area (Å²) in [5.74, 6) is 0.944. The zero-order valence-corrected chi connectivity index (χ0v) is 16.7. The Labute approximate surface area is 176 Å². The molecule has 0 radical (unpaired) electrons. The quantitative estimate of drug-likeness (QED) is 0.355. The summed E-state index contributed by atoms with van der Waals surface area (Å²) in [5, 5.41) is 28.9. The molecule has 30 heavy (non-hydrogen) atoms. The first-order chi connectivity index (χ1) is 14.5. The van der Waals surface area contributed by atoms with Crippen LogP contribution in [0, 0.1) is 0 Å². The summed E-state index contributed by atoms with van der Waals surface area (Å²) >= 11 is 0. The van der Waals surface area contributed by atoms with Crippen LogP contribution in [0.3, 0.4) is 0 Å². The zero-order chi connectivity index (χ0) is 21.1. The van der Waals surface area contributed by atoms with Crippen molar-refractivity contribution in [2.24, 2.45) is 0 Å². The minimum Gasteiger partial charge on any atom is -0.508 e. The van der Waals surface area contributed by atoms with Gasteiger partial charge in [-0.05, 0) is 64.2 Å². The van der Waals surface area contributed by atoms with E-state index in [1.54, 1.807) is 36.4 Å². The second kappa shape index (κ2) is 8.34. The molecule has 0 aliphatic heterocycles. The average molecular weight is 396 g/mol. The van der Waals surface area contributed by atoms with Gasteiger partial charge in [0.25, 0.3) is 0 Å². The molecule has 0 bridgehead atoms. The fourth-order valence-corrected chi connectivity index (χ4v) is 3.84. The predicted octanol–water partition coefficient (Wildman–Crippen LogP) is 6.14. The standard InChI is InChI=1S/C27H24O3/c1-18(20-6-12-24(28)13-7-20)19-2-4-21(5-3-19)27(22-8-14-25(29)15-9-22)23-10-16-26(30)17-11-23/h2-18,27-30H,1H3. The van der Waals surface area contributed by atoms with Gasteiger partial charge in [0.05, 0.1) is 0 Å². The van der Waals surface area contributed by atoms with E-state index < -0.39 is 0 Å². The van der Waals surface area contributed by atoms with E-state index in [2.05, 4.69) is 31.2 Å². The van der Waals surface area contributed by atoms with E-state index in [1.807, 2.05) is 36.4 Å². The van der Waals surface area contributed by atoms with Crippen LogP contribution in [0.4, 0.5) is 0 Å². The summed E-state index contributed by atoms with van der Waals surface area (Å²) in [6, 6.07) is 30.4. The Bertz CT molecular complexity index is 1050. The second-order valence-electron chi connectivity index (χ2n) is 7.60. The summed E-state index contributed by atoms with van der Waals surface area (Å²) in [6.45, 7) is 2.15. The van der Waals surface area contributed by atoms with Crippen LogP contribution in [-0.4, -0.2) is 15.3 Å². The van der Waals surface area contributed by atoms with Gasteiger partial charge in [0.1, 0.15) is 17.2 Å². The monoisotopic (exact) mass is 396 g/mol. The molecule has 150 valence electrons. The molecule has 1 unspecified atom stereocenters. The number of hydrogen-bond donors (Lipinski definition) is 3. The Morgan fingerprint density at radius 1 is 0.400 bits per heavy atom. The fraction of sp³-hybridized carbons (Fsp3) is 0.111. The van der Waals surface area contributed by atoms with E-state index in [9.17, 15) is 15.3 Å². The minimum atomic E-state index is -0.00997. The Morgan fingerprint density at radius 3 is 0.967 bits per heavy atom. The highest BCUT2D eigenvalue weighted by Crippen LogP contribution is 2.35. The Kier molecular flexibility index (Phi) is 5.44. The molecule has 4 rings (SSSR count). The second-order valence-corrected chi connectivity index (χ2v) is 7.60. The highest BCUT2D eigenvalue weighted by atomic mass is 16.3. The van der Waals surface area contributed by atoms with Gasteiger partial charge in [0.15, 0.2) is 0 Å². The van der Waals surface area contributed by atoms with E-state index in [4.69, 9.17) is 0 Å². The van der Waals surface area contributed by atoms with Gasteiger partial charge in [0.2, 0.25) is 0 Å². The van der Waals surface area contributed by atoms with Gasteiger partial charge in [-0.1, -0.05) is 67.6 Å². The number of phenolic OH excluding ortho intramolecular Hbond substituents is 3. The number of rotatable bonds is 5. The molecule has 4 aromatic carbocycles. The smallest absolute Gasteiger partial charge is 0.115 e. The van der Waals surface area contributed by atoms with Gasteiger partial charge >= 0.3 is 0 Å². The molecule has 0 saturated carbocycles. The molecule has 0 aliphatic rings. The van der Waals surface area contributed by atoms with Crippen LogP contribution in [0.15, 0.2) is 97.1 Å². The summed E-state index contributed by atoms with van der Waals surface area (Å²) in [7, 11) is 0. The largest absolute Gasteiger partial charge is 0.508 e. The fourth-order valence-electron chi connectivity index (χ4n) is 3.84. The summed E-state index contributed by atoms with van der Waals surface area (Å²) in [6.07, 6.45) is 0. The van der Waals surface area contributed by atoms with Gasteiger partial charge in [0, 0.05) is 11.8 Å². The van der Waals surface area contributed by atoms with Crippen molar-refractivity contribution < 1.29 is 15.3 Å². The van der Waals surface area contributed by atoms with Gasteiger partial charge < -0.3 is 15.3 Å². The van der Waals surface area contributed by atoms with Crippen molar-refractivity contribution in [1.82, 2.24) is 0 Å². The van der Waals surface area contributed by atoms with Crippen LogP contribution in [0.5, 0.6) is 17.2 Å². The first-order valence-corrected chi connectivity index (χ1v) is 9.98. The average Bonchev–Trinajstić information content (AvgIpc) is 2.77. The third-order valence-corrected chi connectivity index (χ3v) is 5.62. The Morgan fingerprint density at radius 2 is 0.633 bits per heavy atom. The van der Waals surface area contributed by atoms with Crippen molar-refractivity contribution in [1.29, 1.82) is 0 Å². The van der Waals surface area contributed by atoms with E-state index >= 15 is 0 Å². The van der Waals surface area contributed by atoms with Crippen LogP contribution < -0.4 is 0 Å². The maximum Gasteiger partial charge on any atom is 0.115 e. The number of phenols is 3. The lowest BCUT2D eigenvalue weighted by molar-refractivity contribution is 0.474. The Hall–Kier alpha value is -3.72. The van der Waals surface area contributed by atoms with Crippen LogP contribution in [0.25, 0.3) is 0 Å². The van der Waals surface area contributed by atoms with E-state index in [0.29, 0.717) is 0 Å². The van der Waals surface area contributed by atoms with E-state index in [1.165, 1.54) is 5.56 Å². The molecule has 1 atom stereocenters. The van der Waals surface area contributed by atoms with E-state index in [0.717, 1.165) is 22.3 Å². The van der Waals surface area contributed by atoms with Crippen LogP contribution in [-0.2, 0) is 0 Å². The van der Waals surface area contributed by atoms with Gasteiger partial charge in [-0.2, -0.15) is 0 Å². The number of benzene rings is 4. The maximum absolute atomic E-state index is 9.69. The zero-order valence-electron chi connectivity index (χ0n) is 16.7. The van der Waals surface area contributed by atoms with Crippen molar-refractivity contribution in [2.75, 3.05) is 0 Å². The van der Waals surface area contributed by atoms with Gasteiger partial charge in [-0.3, -0.25) is 0 Å². The first-order valence-electron chi connectivity index (χ1n) is 9.98. The van der Waals surface area contributed by atoms with Crippen molar-refractivity contribution in [3.8, 4) is 17.2 Å². The molecule has 0 heterocycles. The first kappa shape index (κ1) is 19.6. The maximum atomic E-state index is 9.69. The molecular formula is C27H24O3. The van der Waals surface area contributed by atoms with E-state index in [-0.39, 0.29) is 29.1 Å². The van der Waals surface area contributed by atoms with Gasteiger partial charge in [-0.25, -0.2) is 0 Å². The molecule has 3 nitrogen and oxygen atoms in total. The minimum absolute atomic E-state index is 0.00997. The predicted molar refractivity (Wildman–Crippen MR) is 119 cm³/mol. The highest BCUT2D eigenvalue weighted by molar-refractivity contribution is 5.47. The topological polar surface area (TPSA) is 60.7 Å². The summed E-state index contributed by atoms with van der Waals surface area (Å²) < 4.78 is 0. The molecule has 0 amide bonds. The summed E-state index contributed by atoms with van der Waals surface area (Å²) in [4.78, 5) is 0. The molecule has 0 aliphatic carbocycles. The normalized spacial score (nSPS) is 12.1. The molecule has 3 heteroatoms. The summed E-state index contributed by atoms with van der Waals surface area (Å²) in [5.41, 5.74) is 5.61. The molecule has 3 N–H and O–H groups in total. The number of hydrogen-bond acceptors (Lipinski definition) is 3. The SMILES string of the molecule is CC(c1ccc(O)cc1)c1ccc(C(c2ccc(O)cc2)c2ccc(O)cc2)cc1. The molecular weight excluding hydrogens is 372 g/mol. The highest BCUT2D eigenvalue weighted by Gasteiger charge is 2.18. The van der Waals surface area contributed by atoms with Gasteiger partial charge in [-0.15, -0.1) is 0 Å². The molecule has 0 aromatic heterocycles. The van der Waals surface area contributed by atoms with Crippen molar-refractivity contribution in [3.05, 3.63) is 125 Å². The van der Waals surface area contributed by atoms with Crippen LogP contribution in [0.1, 0.15) is 46.6 Å². The molecule has 0 fully saturated rings. The Balaban J connectivity index is 1.69. The van der Waals surface area contributed by atoms with Crippen molar-refractivity contribution in [3.63, 3.8) is 0 Å². The van der Waals surface area contributed by atoms with Crippen LogP contribution >= 0.6 is 0 Å². The van der Waals surface area contributed by atoms with Crippen molar-refractivity contribution in [2.45, 2.75) is 18.8 Å². The molecule has 0 spiro atoms. The van der Waals surface area contributed by atoms with Crippen LogP contribution in [0.2, 0.25) is 0 Å². The lowest BCUT2D eigenvalue weighted by atomic mass is 9.83. The number of aromatic hydroxyl groups is 3.